The summed E-state index contributed by atoms with van der Waals surface area (Å²) >= 11 is 0. The number of nitrogens with one attached hydrogen (secondary N) is 1. The Hall–Kier alpha value is -3.41. The second kappa shape index (κ2) is 7.68. The van der Waals surface area contributed by atoms with Gasteiger partial charge in [0.15, 0.2) is 0 Å². The Kier molecular flexibility index (Phi) is 4.93. The van der Waals surface area contributed by atoms with E-state index in [4.69, 9.17) is 9.47 Å². The highest BCUT2D eigenvalue weighted by atomic mass is 16.5. The minimum absolute atomic E-state index is 0.126. The molecule has 6 nitrogen and oxygen atoms in total. The summed E-state index contributed by atoms with van der Waals surface area (Å²) in [5.41, 5.74) is 2.88. The minimum atomic E-state index is -0.159. The number of nitrogens with zero attached hydrogens (tertiary/aromatic N) is 2. The van der Waals surface area contributed by atoms with E-state index in [9.17, 15) is 4.79 Å². The van der Waals surface area contributed by atoms with Crippen LogP contribution in [-0.4, -0.2) is 36.3 Å². The first-order valence-corrected chi connectivity index (χ1v) is 9.20. The zero-order valence-corrected chi connectivity index (χ0v) is 16.0. The summed E-state index contributed by atoms with van der Waals surface area (Å²) in [6.07, 6.45) is 2.06. The Bertz CT molecular complexity index is 948. The van der Waals surface area contributed by atoms with E-state index in [2.05, 4.69) is 22.1 Å². The Morgan fingerprint density at radius 3 is 2.21 bits per heavy atom. The average molecular weight is 377 g/mol. The predicted octanol–water partition coefficient (Wildman–Crippen LogP) is 4.14. The van der Waals surface area contributed by atoms with E-state index in [-0.39, 0.29) is 12.1 Å². The minimum Gasteiger partial charge on any atom is -0.497 e. The highest BCUT2D eigenvalue weighted by Crippen LogP contribution is 2.33. The van der Waals surface area contributed by atoms with E-state index in [1.165, 1.54) is 0 Å². The number of rotatable bonds is 4. The van der Waals surface area contributed by atoms with Crippen LogP contribution in [0.4, 0.5) is 10.5 Å². The molecule has 28 heavy (non-hydrogen) atoms. The van der Waals surface area contributed by atoms with E-state index in [1.54, 1.807) is 14.2 Å². The second-order valence-corrected chi connectivity index (χ2v) is 6.65. The van der Waals surface area contributed by atoms with Crippen LogP contribution in [-0.2, 0) is 6.54 Å². The van der Waals surface area contributed by atoms with Gasteiger partial charge in [-0.15, -0.1) is 0 Å². The third kappa shape index (κ3) is 3.41. The summed E-state index contributed by atoms with van der Waals surface area (Å²) in [6, 6.07) is 19.0. The molecule has 3 aromatic rings. The molecule has 6 heteroatoms. The van der Waals surface area contributed by atoms with Crippen molar-refractivity contribution in [1.82, 2.24) is 9.47 Å². The molecule has 0 fully saturated rings. The van der Waals surface area contributed by atoms with Gasteiger partial charge in [0.2, 0.25) is 0 Å². The van der Waals surface area contributed by atoms with Crippen molar-refractivity contribution in [1.29, 1.82) is 0 Å². The highest BCUT2D eigenvalue weighted by molar-refractivity contribution is 5.90. The third-order valence-corrected chi connectivity index (χ3v) is 5.07. The molecule has 144 valence electrons. The van der Waals surface area contributed by atoms with Gasteiger partial charge in [-0.25, -0.2) is 4.79 Å². The van der Waals surface area contributed by atoms with E-state index < -0.39 is 0 Å². The van der Waals surface area contributed by atoms with Crippen molar-refractivity contribution in [2.75, 3.05) is 26.1 Å². The molecule has 2 heterocycles. The van der Waals surface area contributed by atoms with Crippen molar-refractivity contribution in [2.45, 2.75) is 12.6 Å². The van der Waals surface area contributed by atoms with Crippen LogP contribution >= 0.6 is 0 Å². The van der Waals surface area contributed by atoms with Crippen molar-refractivity contribution in [3.63, 3.8) is 0 Å². The van der Waals surface area contributed by atoms with Gasteiger partial charge in [0, 0.05) is 30.7 Å². The summed E-state index contributed by atoms with van der Waals surface area (Å²) in [5.74, 6) is 1.55. The van der Waals surface area contributed by atoms with Crippen LogP contribution in [0.1, 0.15) is 17.3 Å². The first kappa shape index (κ1) is 18.0. The Morgan fingerprint density at radius 2 is 1.57 bits per heavy atom. The highest BCUT2D eigenvalue weighted by Gasteiger charge is 2.32. The molecule has 0 saturated carbocycles. The van der Waals surface area contributed by atoms with Gasteiger partial charge in [0.1, 0.15) is 11.5 Å². The molecule has 1 aromatic heterocycles. The van der Waals surface area contributed by atoms with Crippen molar-refractivity contribution in [3.05, 3.63) is 78.1 Å². The average Bonchev–Trinajstić information content (AvgIpc) is 3.22. The maximum absolute atomic E-state index is 13.1. The monoisotopic (exact) mass is 377 g/mol. The molecule has 2 aromatic carbocycles. The van der Waals surface area contributed by atoms with E-state index >= 15 is 0 Å². The molecule has 1 aliphatic heterocycles. The number of ether oxygens (including phenoxy) is 2. The molecule has 0 spiro atoms. The molecular formula is C22H23N3O3. The standard InChI is InChI=1S/C22H23N3O3/c1-27-18-9-5-16(6-10-18)21-20-4-3-13-24(20)14-15-25(21)22(26)23-17-7-11-19(28-2)12-8-17/h3-13,21H,14-15H2,1-2H3,(H,23,26). The molecule has 0 saturated heterocycles. The number of urea groups is 1. The lowest BCUT2D eigenvalue weighted by Gasteiger charge is -2.37. The van der Waals surface area contributed by atoms with Gasteiger partial charge in [-0.2, -0.15) is 0 Å². The van der Waals surface area contributed by atoms with Gasteiger partial charge in [-0.1, -0.05) is 12.1 Å². The van der Waals surface area contributed by atoms with Crippen LogP contribution in [0, 0.1) is 0 Å². The van der Waals surface area contributed by atoms with Crippen molar-refractivity contribution >= 4 is 11.7 Å². The molecule has 1 N–H and O–H groups in total. The van der Waals surface area contributed by atoms with Gasteiger partial charge in [-0.05, 0) is 54.1 Å². The number of methoxy groups -OCH3 is 2. The van der Waals surface area contributed by atoms with Crippen molar-refractivity contribution in [3.8, 4) is 11.5 Å². The summed E-state index contributed by atoms with van der Waals surface area (Å²) in [4.78, 5) is 15.0. The van der Waals surface area contributed by atoms with Crippen LogP contribution in [0.15, 0.2) is 66.9 Å². The number of benzene rings is 2. The first-order chi connectivity index (χ1) is 13.7. The fraction of sp³-hybridized carbons (Fsp3) is 0.227. The number of carbonyl (C=O) groups excluding carboxylic acids is 1. The molecule has 1 aliphatic rings. The van der Waals surface area contributed by atoms with Gasteiger partial charge in [0.05, 0.1) is 20.3 Å². The number of aromatic nitrogens is 1. The predicted molar refractivity (Wildman–Crippen MR) is 108 cm³/mol. The zero-order chi connectivity index (χ0) is 19.5. The smallest absolute Gasteiger partial charge is 0.322 e. The topological polar surface area (TPSA) is 55.7 Å². The van der Waals surface area contributed by atoms with Crippen LogP contribution in [0.2, 0.25) is 0 Å². The molecular weight excluding hydrogens is 354 g/mol. The van der Waals surface area contributed by atoms with E-state index in [1.807, 2.05) is 59.5 Å². The Labute approximate surface area is 164 Å². The number of carbonyl (C=O) groups is 1. The largest absolute Gasteiger partial charge is 0.497 e. The van der Waals surface area contributed by atoms with Gasteiger partial charge in [0.25, 0.3) is 0 Å². The molecule has 1 unspecified atom stereocenters. The molecule has 0 aliphatic carbocycles. The maximum atomic E-state index is 13.1. The Morgan fingerprint density at radius 1 is 0.929 bits per heavy atom. The number of hydrogen-bond donors (Lipinski definition) is 1. The van der Waals surface area contributed by atoms with E-state index in [0.29, 0.717) is 6.54 Å². The van der Waals surface area contributed by atoms with Gasteiger partial charge >= 0.3 is 6.03 Å². The summed E-state index contributed by atoms with van der Waals surface area (Å²) in [6.45, 7) is 1.39. The van der Waals surface area contributed by atoms with Crippen LogP contribution in [0.5, 0.6) is 11.5 Å². The van der Waals surface area contributed by atoms with Crippen LogP contribution < -0.4 is 14.8 Å². The van der Waals surface area contributed by atoms with Crippen molar-refractivity contribution in [2.24, 2.45) is 0 Å². The normalized spacial score (nSPS) is 15.6. The quantitative estimate of drug-likeness (QED) is 0.743. The fourth-order valence-electron chi connectivity index (χ4n) is 3.61. The first-order valence-electron chi connectivity index (χ1n) is 9.20. The number of fused-ring (bicyclic) bond motifs is 1. The lowest BCUT2D eigenvalue weighted by Crippen LogP contribution is -2.44. The second-order valence-electron chi connectivity index (χ2n) is 6.65. The maximum Gasteiger partial charge on any atom is 0.322 e. The summed E-state index contributed by atoms with van der Waals surface area (Å²) < 4.78 is 12.7. The van der Waals surface area contributed by atoms with Crippen LogP contribution in [0.25, 0.3) is 0 Å². The number of amides is 2. The third-order valence-electron chi connectivity index (χ3n) is 5.07. The molecule has 0 bridgehead atoms. The van der Waals surface area contributed by atoms with Gasteiger partial charge in [-0.3, -0.25) is 0 Å². The molecule has 1 atom stereocenters. The van der Waals surface area contributed by atoms with Crippen LogP contribution in [0.3, 0.4) is 0 Å². The SMILES string of the molecule is COc1ccc(NC(=O)N2CCn3cccc3C2c2ccc(OC)cc2)cc1. The molecule has 4 rings (SSSR count). The summed E-state index contributed by atoms with van der Waals surface area (Å²) in [5, 5.41) is 3.01. The number of hydrogen-bond acceptors (Lipinski definition) is 3. The Balaban J connectivity index is 1.62. The summed E-state index contributed by atoms with van der Waals surface area (Å²) in [7, 11) is 3.27. The molecule has 2 amide bonds. The lowest BCUT2D eigenvalue weighted by molar-refractivity contribution is 0.182. The number of anilines is 1. The zero-order valence-electron chi connectivity index (χ0n) is 16.0. The van der Waals surface area contributed by atoms with Gasteiger partial charge < -0.3 is 24.3 Å². The lowest BCUT2D eigenvalue weighted by atomic mass is 10.00. The fourth-order valence-corrected chi connectivity index (χ4v) is 3.61. The van der Waals surface area contributed by atoms with Crippen molar-refractivity contribution < 1.29 is 14.3 Å². The molecule has 0 radical (unpaired) electrons. The van der Waals surface area contributed by atoms with E-state index in [0.717, 1.165) is 35.0 Å².